The van der Waals surface area contributed by atoms with Crippen LogP contribution in [0.15, 0.2) is 4.21 Å². The maximum Gasteiger partial charge on any atom is 0.254 e. The maximum atomic E-state index is 12.6. The molecule has 0 unspecified atom stereocenters. The van der Waals surface area contributed by atoms with Gasteiger partial charge >= 0.3 is 0 Å². The van der Waals surface area contributed by atoms with Gasteiger partial charge in [-0.2, -0.15) is 4.31 Å². The molecule has 1 amide bonds. The first-order chi connectivity index (χ1) is 9.20. The summed E-state index contributed by atoms with van der Waals surface area (Å²) in [5.74, 6) is -0.268. The van der Waals surface area contributed by atoms with Gasteiger partial charge in [0.2, 0.25) is 5.91 Å². The SMILES string of the molecule is CCCN(CC(=O)N(C)C)S(=O)(=O)c1sc(Cl)nc1C. The van der Waals surface area contributed by atoms with Gasteiger partial charge in [0.1, 0.15) is 0 Å². The maximum absolute atomic E-state index is 12.6. The van der Waals surface area contributed by atoms with Crippen LogP contribution in [0.1, 0.15) is 19.0 Å². The Morgan fingerprint density at radius 3 is 2.40 bits per heavy atom. The predicted molar refractivity (Wildman–Crippen MR) is 79.6 cm³/mol. The van der Waals surface area contributed by atoms with E-state index in [1.54, 1.807) is 21.0 Å². The van der Waals surface area contributed by atoms with Crippen LogP contribution in [-0.4, -0.2) is 55.7 Å². The van der Waals surface area contributed by atoms with E-state index < -0.39 is 10.0 Å². The van der Waals surface area contributed by atoms with E-state index in [2.05, 4.69) is 4.98 Å². The van der Waals surface area contributed by atoms with Crippen molar-refractivity contribution in [3.8, 4) is 0 Å². The fourth-order valence-corrected chi connectivity index (χ4v) is 4.89. The number of aryl methyl sites for hydroxylation is 1. The summed E-state index contributed by atoms with van der Waals surface area (Å²) in [6.07, 6.45) is 0.617. The van der Waals surface area contributed by atoms with Crippen molar-refractivity contribution >= 4 is 38.9 Å². The molecule has 0 aromatic carbocycles. The molecule has 0 aliphatic heterocycles. The number of carbonyl (C=O) groups is 1. The molecule has 0 aliphatic carbocycles. The van der Waals surface area contributed by atoms with Crippen LogP contribution in [0.5, 0.6) is 0 Å². The normalized spacial score (nSPS) is 11.9. The second-order valence-corrected chi connectivity index (χ2v) is 8.18. The van der Waals surface area contributed by atoms with Crippen molar-refractivity contribution in [1.82, 2.24) is 14.2 Å². The van der Waals surface area contributed by atoms with Crippen molar-refractivity contribution in [3.63, 3.8) is 0 Å². The van der Waals surface area contributed by atoms with Gasteiger partial charge in [-0.15, -0.1) is 0 Å². The van der Waals surface area contributed by atoms with Crippen LogP contribution in [0.3, 0.4) is 0 Å². The summed E-state index contributed by atoms with van der Waals surface area (Å²) in [7, 11) is -0.562. The van der Waals surface area contributed by atoms with Gasteiger partial charge in [0.15, 0.2) is 8.68 Å². The lowest BCUT2D eigenvalue weighted by atomic mass is 10.4. The molecule has 0 radical (unpaired) electrons. The summed E-state index contributed by atoms with van der Waals surface area (Å²) in [4.78, 5) is 17.1. The van der Waals surface area contributed by atoms with Gasteiger partial charge in [0.05, 0.1) is 12.2 Å². The van der Waals surface area contributed by atoms with E-state index in [1.165, 1.54) is 9.21 Å². The zero-order valence-corrected chi connectivity index (χ0v) is 14.3. The monoisotopic (exact) mass is 339 g/mol. The van der Waals surface area contributed by atoms with E-state index in [4.69, 9.17) is 11.6 Å². The summed E-state index contributed by atoms with van der Waals surface area (Å²) in [6.45, 7) is 3.54. The minimum Gasteiger partial charge on any atom is -0.348 e. The Labute approximate surface area is 128 Å². The molecule has 0 atom stereocenters. The first-order valence-electron chi connectivity index (χ1n) is 6.03. The number of carbonyl (C=O) groups excluding carboxylic acids is 1. The molecule has 6 nitrogen and oxygen atoms in total. The Morgan fingerprint density at radius 2 is 2.00 bits per heavy atom. The molecule has 0 bridgehead atoms. The third-order valence-corrected chi connectivity index (χ3v) is 6.28. The van der Waals surface area contributed by atoms with Gasteiger partial charge < -0.3 is 4.90 Å². The summed E-state index contributed by atoms with van der Waals surface area (Å²) >= 11 is 6.67. The highest BCUT2D eigenvalue weighted by Crippen LogP contribution is 2.29. The second-order valence-electron chi connectivity index (χ2n) is 4.47. The van der Waals surface area contributed by atoms with Crippen molar-refractivity contribution in [2.75, 3.05) is 27.2 Å². The van der Waals surface area contributed by atoms with E-state index in [-0.39, 0.29) is 27.7 Å². The largest absolute Gasteiger partial charge is 0.348 e. The highest BCUT2D eigenvalue weighted by molar-refractivity contribution is 7.91. The molecular formula is C11H18ClN3O3S2. The fraction of sp³-hybridized carbons (Fsp3) is 0.636. The highest BCUT2D eigenvalue weighted by atomic mass is 35.5. The molecule has 0 N–H and O–H groups in total. The van der Waals surface area contributed by atoms with E-state index in [0.29, 0.717) is 12.1 Å². The van der Waals surface area contributed by atoms with Crippen molar-refractivity contribution in [3.05, 3.63) is 10.2 Å². The lowest BCUT2D eigenvalue weighted by Crippen LogP contribution is -2.40. The predicted octanol–water partition coefficient (Wildman–Crippen LogP) is 1.59. The third kappa shape index (κ3) is 3.91. The van der Waals surface area contributed by atoms with Gasteiger partial charge in [0.25, 0.3) is 10.0 Å². The Kier molecular flexibility index (Phi) is 5.93. The summed E-state index contributed by atoms with van der Waals surface area (Å²) in [5.41, 5.74) is 0.360. The number of halogens is 1. The van der Waals surface area contributed by atoms with Gasteiger partial charge in [-0.05, 0) is 13.3 Å². The molecule has 1 aromatic rings. The van der Waals surface area contributed by atoms with Crippen molar-refractivity contribution in [1.29, 1.82) is 0 Å². The van der Waals surface area contributed by atoms with E-state index in [1.807, 2.05) is 6.92 Å². The summed E-state index contributed by atoms with van der Waals surface area (Å²) in [6, 6.07) is 0. The van der Waals surface area contributed by atoms with E-state index >= 15 is 0 Å². The molecule has 20 heavy (non-hydrogen) atoms. The molecule has 0 saturated heterocycles. The van der Waals surface area contributed by atoms with Gasteiger partial charge in [-0.25, -0.2) is 13.4 Å². The molecule has 0 saturated carbocycles. The number of amides is 1. The van der Waals surface area contributed by atoms with Crippen molar-refractivity contribution in [2.45, 2.75) is 24.5 Å². The van der Waals surface area contributed by atoms with Crippen molar-refractivity contribution in [2.24, 2.45) is 0 Å². The van der Waals surface area contributed by atoms with Crippen LogP contribution >= 0.6 is 22.9 Å². The highest BCUT2D eigenvalue weighted by Gasteiger charge is 2.30. The number of rotatable bonds is 6. The summed E-state index contributed by atoms with van der Waals surface area (Å²) < 4.78 is 26.6. The molecule has 0 spiro atoms. The lowest BCUT2D eigenvalue weighted by Gasteiger charge is -2.22. The number of nitrogens with zero attached hydrogens (tertiary/aromatic N) is 3. The minimum absolute atomic E-state index is 0.0995. The number of hydrogen-bond acceptors (Lipinski definition) is 5. The number of aromatic nitrogens is 1. The topological polar surface area (TPSA) is 70.6 Å². The fourth-order valence-electron chi connectivity index (χ4n) is 1.53. The Morgan fingerprint density at radius 1 is 1.40 bits per heavy atom. The Bertz CT molecular complexity index is 584. The van der Waals surface area contributed by atoms with Gasteiger partial charge in [-0.1, -0.05) is 29.9 Å². The second kappa shape index (κ2) is 6.84. The molecule has 0 aliphatic rings. The van der Waals surface area contributed by atoms with Crippen LogP contribution in [0, 0.1) is 6.92 Å². The molecule has 1 aromatic heterocycles. The quantitative estimate of drug-likeness (QED) is 0.789. The Hall–Kier alpha value is -0.700. The van der Waals surface area contributed by atoms with Crippen molar-refractivity contribution < 1.29 is 13.2 Å². The first kappa shape index (κ1) is 17.4. The van der Waals surface area contributed by atoms with Crippen LogP contribution < -0.4 is 0 Å². The molecule has 1 rings (SSSR count). The van der Waals surface area contributed by atoms with Crippen LogP contribution in [-0.2, 0) is 14.8 Å². The molecule has 0 fully saturated rings. The number of likely N-dealkylation sites (N-methyl/N-ethyl adjacent to an activating group) is 1. The molecular weight excluding hydrogens is 322 g/mol. The average Bonchev–Trinajstić information content (AvgIpc) is 2.68. The van der Waals surface area contributed by atoms with Gasteiger partial charge in [0, 0.05) is 20.6 Å². The number of thiazole rings is 1. The molecule has 1 heterocycles. The third-order valence-electron chi connectivity index (χ3n) is 2.59. The molecule has 114 valence electrons. The van der Waals surface area contributed by atoms with E-state index in [9.17, 15) is 13.2 Å². The smallest absolute Gasteiger partial charge is 0.254 e. The van der Waals surface area contributed by atoms with Crippen LogP contribution in [0.2, 0.25) is 4.47 Å². The van der Waals surface area contributed by atoms with Gasteiger partial charge in [-0.3, -0.25) is 4.79 Å². The average molecular weight is 340 g/mol. The van der Waals surface area contributed by atoms with Crippen LogP contribution in [0.25, 0.3) is 0 Å². The Balaban J connectivity index is 3.12. The molecule has 9 heteroatoms. The zero-order valence-electron chi connectivity index (χ0n) is 11.9. The number of hydrogen-bond donors (Lipinski definition) is 0. The number of sulfonamides is 1. The first-order valence-corrected chi connectivity index (χ1v) is 8.66. The summed E-state index contributed by atoms with van der Waals surface area (Å²) in [5, 5.41) is 0. The van der Waals surface area contributed by atoms with Crippen LogP contribution in [0.4, 0.5) is 0 Å². The lowest BCUT2D eigenvalue weighted by molar-refractivity contribution is -0.128. The van der Waals surface area contributed by atoms with E-state index in [0.717, 1.165) is 11.3 Å². The zero-order chi connectivity index (χ0) is 15.5. The minimum atomic E-state index is -3.74. The standard InChI is InChI=1S/C11H18ClN3O3S2/c1-5-6-15(7-9(16)14(3)4)20(17,18)10-8(2)13-11(12)19-10/h5-7H2,1-4H3.